The Kier molecular flexibility index (Phi) is 9.08. The van der Waals surface area contributed by atoms with E-state index in [1.54, 1.807) is 17.2 Å². The standard InChI is InChI=1S/C11H14N2O3S.C9H9F5N2/c1-7-6-17-9(12-7)10(14)16-11(15)13-5-3-4-8(13)2;1-5(9(12,13)14)16-7-4-6(8(10)11)2-3-15-7/h6,8H,3-5H2,1-2H3;2-5,8H,1H3,(H,15,16)/t8-;5-/m00/s1. The molecule has 0 aliphatic carbocycles. The SMILES string of the molecule is C[C@H](Nc1cc(C(F)F)ccn1)C(F)(F)F.Cc1csc(C(=O)OC(=O)N2CCC[C@@H]2C)n1. The van der Waals surface area contributed by atoms with E-state index in [4.69, 9.17) is 4.74 Å². The number of aryl methyl sites for hydroxylation is 1. The zero-order valence-corrected chi connectivity index (χ0v) is 18.8. The molecule has 33 heavy (non-hydrogen) atoms. The molecule has 1 fully saturated rings. The monoisotopic (exact) mass is 494 g/mol. The molecule has 2 atom stereocenters. The first kappa shape index (κ1) is 26.4. The van der Waals surface area contributed by atoms with Gasteiger partial charge in [0.25, 0.3) is 6.43 Å². The number of carbonyl (C=O) groups excluding carboxylic acids is 2. The molecule has 2 aromatic heterocycles. The Bertz CT molecular complexity index is 954. The van der Waals surface area contributed by atoms with Crippen LogP contribution >= 0.6 is 11.3 Å². The van der Waals surface area contributed by atoms with E-state index < -0.39 is 30.7 Å². The van der Waals surface area contributed by atoms with Crippen molar-refractivity contribution in [1.82, 2.24) is 14.9 Å². The van der Waals surface area contributed by atoms with E-state index in [1.807, 2.05) is 12.2 Å². The Labute approximate surface area is 191 Å². The molecule has 1 saturated heterocycles. The van der Waals surface area contributed by atoms with E-state index in [0.717, 1.165) is 43.8 Å². The van der Waals surface area contributed by atoms with Gasteiger partial charge < -0.3 is 15.0 Å². The summed E-state index contributed by atoms with van der Waals surface area (Å²) in [6.45, 7) is 5.28. The van der Waals surface area contributed by atoms with Gasteiger partial charge in [0.1, 0.15) is 11.9 Å². The molecule has 0 aromatic carbocycles. The lowest BCUT2D eigenvalue weighted by molar-refractivity contribution is -0.138. The third kappa shape index (κ3) is 7.91. The molecule has 3 heterocycles. The molecule has 1 amide bonds. The lowest BCUT2D eigenvalue weighted by Gasteiger charge is -2.19. The van der Waals surface area contributed by atoms with Crippen molar-refractivity contribution in [3.8, 4) is 0 Å². The smallest absolute Gasteiger partial charge is 0.371 e. The highest BCUT2D eigenvalue weighted by atomic mass is 32.1. The van der Waals surface area contributed by atoms with E-state index in [0.29, 0.717) is 6.54 Å². The molecule has 7 nitrogen and oxygen atoms in total. The number of amides is 1. The van der Waals surface area contributed by atoms with Crippen molar-refractivity contribution < 1.29 is 36.3 Å². The summed E-state index contributed by atoms with van der Waals surface area (Å²) in [6, 6.07) is 0.252. The van der Waals surface area contributed by atoms with Gasteiger partial charge in [-0.3, -0.25) is 0 Å². The number of thiazole rings is 1. The van der Waals surface area contributed by atoms with Gasteiger partial charge in [0, 0.05) is 35.4 Å². The number of hydrogen-bond acceptors (Lipinski definition) is 7. The van der Waals surface area contributed by atoms with Gasteiger partial charge in [-0.2, -0.15) is 13.2 Å². The van der Waals surface area contributed by atoms with Crippen LogP contribution in [-0.2, 0) is 4.74 Å². The van der Waals surface area contributed by atoms with Gasteiger partial charge in [0.2, 0.25) is 5.01 Å². The number of pyridine rings is 1. The van der Waals surface area contributed by atoms with E-state index in [-0.39, 0.29) is 22.4 Å². The molecule has 2 aromatic rings. The number of esters is 1. The van der Waals surface area contributed by atoms with Crippen LogP contribution in [0, 0.1) is 6.92 Å². The Balaban J connectivity index is 0.000000234. The first-order valence-electron chi connectivity index (χ1n) is 9.90. The van der Waals surface area contributed by atoms with Crippen molar-refractivity contribution in [3.05, 3.63) is 40.0 Å². The van der Waals surface area contributed by atoms with Gasteiger partial charge in [-0.05, 0) is 45.7 Å². The predicted octanol–water partition coefficient (Wildman–Crippen LogP) is 5.59. The minimum Gasteiger partial charge on any atom is -0.371 e. The summed E-state index contributed by atoms with van der Waals surface area (Å²) in [4.78, 5) is 32.4. The zero-order chi connectivity index (χ0) is 24.8. The average Bonchev–Trinajstić information content (AvgIpc) is 3.36. The fourth-order valence-electron chi connectivity index (χ4n) is 2.80. The topological polar surface area (TPSA) is 84.4 Å². The van der Waals surface area contributed by atoms with Crippen LogP contribution in [0.2, 0.25) is 0 Å². The third-order valence-electron chi connectivity index (χ3n) is 4.65. The number of likely N-dealkylation sites (tertiary alicyclic amines) is 1. The maximum Gasteiger partial charge on any atom is 0.418 e. The number of anilines is 1. The highest BCUT2D eigenvalue weighted by Gasteiger charge is 2.36. The van der Waals surface area contributed by atoms with Crippen LogP contribution in [0.4, 0.5) is 32.6 Å². The molecule has 0 bridgehead atoms. The number of halogens is 5. The van der Waals surface area contributed by atoms with Gasteiger partial charge >= 0.3 is 18.2 Å². The van der Waals surface area contributed by atoms with Crippen LogP contribution in [0.5, 0.6) is 0 Å². The molecule has 3 rings (SSSR count). The van der Waals surface area contributed by atoms with E-state index in [9.17, 15) is 31.5 Å². The van der Waals surface area contributed by atoms with Crippen LogP contribution in [0.25, 0.3) is 0 Å². The van der Waals surface area contributed by atoms with Gasteiger partial charge in [-0.15, -0.1) is 11.3 Å². The molecule has 0 saturated carbocycles. The quantitative estimate of drug-likeness (QED) is 0.339. The van der Waals surface area contributed by atoms with E-state index in [1.165, 1.54) is 11.3 Å². The maximum atomic E-state index is 12.2. The van der Waals surface area contributed by atoms with Crippen molar-refractivity contribution in [3.63, 3.8) is 0 Å². The van der Waals surface area contributed by atoms with Crippen molar-refractivity contribution in [2.75, 3.05) is 11.9 Å². The lowest BCUT2D eigenvalue weighted by atomic mass is 10.2. The third-order valence-corrected chi connectivity index (χ3v) is 5.59. The summed E-state index contributed by atoms with van der Waals surface area (Å²) >= 11 is 1.19. The van der Waals surface area contributed by atoms with Crippen molar-refractivity contribution in [2.24, 2.45) is 0 Å². The van der Waals surface area contributed by atoms with E-state index >= 15 is 0 Å². The normalized spacial score (nSPS) is 16.8. The molecular weight excluding hydrogens is 471 g/mol. The number of nitrogens with zero attached hydrogens (tertiary/aromatic N) is 3. The summed E-state index contributed by atoms with van der Waals surface area (Å²) in [6.07, 6.45) is -4.78. The van der Waals surface area contributed by atoms with Crippen LogP contribution in [0.15, 0.2) is 23.7 Å². The molecule has 1 N–H and O–H groups in total. The molecule has 1 aliphatic rings. The van der Waals surface area contributed by atoms with Gasteiger partial charge in [0.15, 0.2) is 0 Å². The second-order valence-electron chi connectivity index (χ2n) is 7.32. The minimum atomic E-state index is -4.44. The number of ether oxygens (including phenoxy) is 1. The molecular formula is C20H23F5N4O3S. The number of alkyl halides is 5. The van der Waals surface area contributed by atoms with Crippen LogP contribution in [-0.4, -0.2) is 51.7 Å². The van der Waals surface area contributed by atoms with Crippen molar-refractivity contribution in [1.29, 1.82) is 0 Å². The van der Waals surface area contributed by atoms with Gasteiger partial charge in [-0.25, -0.2) is 28.3 Å². The highest BCUT2D eigenvalue weighted by Crippen LogP contribution is 2.25. The second kappa shape index (κ2) is 11.3. The van der Waals surface area contributed by atoms with Crippen LogP contribution in [0.3, 0.4) is 0 Å². The summed E-state index contributed by atoms with van der Waals surface area (Å²) < 4.78 is 65.7. The first-order chi connectivity index (χ1) is 15.4. The fourth-order valence-corrected chi connectivity index (χ4v) is 3.47. The fraction of sp³-hybridized carbons (Fsp3) is 0.500. The zero-order valence-electron chi connectivity index (χ0n) is 18.0. The Morgan fingerprint density at radius 3 is 2.55 bits per heavy atom. The van der Waals surface area contributed by atoms with Gasteiger partial charge in [0.05, 0.1) is 0 Å². The largest absolute Gasteiger partial charge is 0.418 e. The Morgan fingerprint density at radius 2 is 2.03 bits per heavy atom. The van der Waals surface area contributed by atoms with Crippen LogP contribution < -0.4 is 5.32 Å². The number of aromatic nitrogens is 2. The molecule has 1 aliphatic heterocycles. The summed E-state index contributed by atoms with van der Waals surface area (Å²) in [7, 11) is 0. The van der Waals surface area contributed by atoms with Crippen molar-refractivity contribution >= 4 is 29.2 Å². The van der Waals surface area contributed by atoms with Gasteiger partial charge in [-0.1, -0.05) is 0 Å². The second-order valence-corrected chi connectivity index (χ2v) is 8.17. The summed E-state index contributed by atoms with van der Waals surface area (Å²) in [5, 5.41) is 3.98. The highest BCUT2D eigenvalue weighted by molar-refractivity contribution is 7.11. The number of carbonyl (C=O) groups is 2. The minimum absolute atomic E-state index is 0.147. The number of nitrogens with one attached hydrogen (secondary N) is 1. The molecule has 0 spiro atoms. The predicted molar refractivity (Wildman–Crippen MR) is 111 cm³/mol. The first-order valence-corrected chi connectivity index (χ1v) is 10.8. The Morgan fingerprint density at radius 1 is 1.33 bits per heavy atom. The lowest BCUT2D eigenvalue weighted by Crippen LogP contribution is -2.35. The summed E-state index contributed by atoms with van der Waals surface area (Å²) in [5.41, 5.74) is 0.385. The average molecular weight is 494 g/mol. The number of rotatable bonds is 4. The molecule has 0 unspecified atom stereocenters. The van der Waals surface area contributed by atoms with E-state index in [2.05, 4.69) is 9.97 Å². The molecule has 0 radical (unpaired) electrons. The number of hydrogen-bond donors (Lipinski definition) is 1. The maximum absolute atomic E-state index is 12.2. The summed E-state index contributed by atoms with van der Waals surface area (Å²) in [5.74, 6) is -0.880. The van der Waals surface area contributed by atoms with Crippen LogP contribution in [0.1, 0.15) is 54.2 Å². The van der Waals surface area contributed by atoms with Crippen molar-refractivity contribution in [2.45, 2.75) is 58.3 Å². The molecule has 13 heteroatoms. The Hall–Kier alpha value is -2.83. The molecule has 182 valence electrons.